The van der Waals surface area contributed by atoms with Gasteiger partial charge in [-0.05, 0) is 32.9 Å². The van der Waals surface area contributed by atoms with Gasteiger partial charge in [0.25, 0.3) is 10.0 Å². The van der Waals surface area contributed by atoms with E-state index in [1.54, 1.807) is 23.0 Å². The van der Waals surface area contributed by atoms with Crippen molar-refractivity contribution >= 4 is 15.7 Å². The van der Waals surface area contributed by atoms with Crippen LogP contribution in [0, 0.1) is 6.92 Å². The predicted octanol–water partition coefficient (Wildman–Crippen LogP) is 4.24. The Bertz CT molecular complexity index is 960. The summed E-state index contributed by atoms with van der Waals surface area (Å²) in [7, 11) is -3.75. The van der Waals surface area contributed by atoms with Gasteiger partial charge in [-0.25, -0.2) is 8.42 Å². The van der Waals surface area contributed by atoms with Crippen LogP contribution in [0.15, 0.2) is 65.7 Å². The Hall–Kier alpha value is -2.60. The van der Waals surface area contributed by atoms with Gasteiger partial charge >= 0.3 is 0 Å². The third-order valence-corrected chi connectivity index (χ3v) is 5.25. The number of aryl methyl sites for hydroxylation is 1. The predicted molar refractivity (Wildman–Crippen MR) is 100 cm³/mol. The number of rotatable bonds is 5. The van der Waals surface area contributed by atoms with Gasteiger partial charge in [0.1, 0.15) is 10.6 Å². The Morgan fingerprint density at radius 2 is 1.64 bits per heavy atom. The molecule has 0 unspecified atom stereocenters. The lowest BCUT2D eigenvalue weighted by Gasteiger charge is -2.08. The third-order valence-electron chi connectivity index (χ3n) is 3.87. The summed E-state index contributed by atoms with van der Waals surface area (Å²) in [5.41, 5.74) is 2.82. The van der Waals surface area contributed by atoms with Gasteiger partial charge in [0.15, 0.2) is 0 Å². The molecule has 3 aromatic rings. The van der Waals surface area contributed by atoms with Crippen LogP contribution in [0.25, 0.3) is 11.3 Å². The number of sulfonamides is 1. The summed E-state index contributed by atoms with van der Waals surface area (Å²) in [6, 6.07) is 16.6. The van der Waals surface area contributed by atoms with Crippen LogP contribution >= 0.6 is 0 Å². The van der Waals surface area contributed by atoms with E-state index in [1.807, 2.05) is 63.2 Å². The molecule has 5 nitrogen and oxygen atoms in total. The van der Waals surface area contributed by atoms with Gasteiger partial charge in [-0.2, -0.15) is 5.10 Å². The van der Waals surface area contributed by atoms with Crippen LogP contribution in [0.4, 0.5) is 5.69 Å². The summed E-state index contributed by atoms with van der Waals surface area (Å²) in [6.45, 7) is 5.88. The second kappa shape index (κ2) is 6.72. The normalized spacial score (nSPS) is 11.7. The molecule has 0 aliphatic carbocycles. The Balaban J connectivity index is 2.06. The van der Waals surface area contributed by atoms with Gasteiger partial charge < -0.3 is 0 Å². The van der Waals surface area contributed by atoms with Crippen molar-refractivity contribution in [1.29, 1.82) is 0 Å². The standard InChI is InChI=1S/C19H21N3O2S/c1-14(2)22-13-18(19(20-22)16-7-5-4-6-8-16)25(23,24)21-17-11-9-15(3)10-12-17/h4-14,21H,1-3H3. The topological polar surface area (TPSA) is 64.0 Å². The Morgan fingerprint density at radius 1 is 1.00 bits per heavy atom. The Morgan fingerprint density at radius 3 is 2.24 bits per heavy atom. The van der Waals surface area contributed by atoms with Crippen molar-refractivity contribution in [1.82, 2.24) is 9.78 Å². The molecule has 0 aliphatic rings. The molecule has 0 atom stereocenters. The lowest BCUT2D eigenvalue weighted by atomic mass is 10.2. The van der Waals surface area contributed by atoms with Crippen LogP contribution < -0.4 is 4.72 Å². The minimum atomic E-state index is -3.75. The molecule has 0 saturated carbocycles. The molecule has 1 N–H and O–H groups in total. The Labute approximate surface area is 148 Å². The molecule has 1 heterocycles. The van der Waals surface area contributed by atoms with Gasteiger partial charge in [0, 0.05) is 23.5 Å². The maximum Gasteiger partial charge on any atom is 0.265 e. The molecule has 2 aromatic carbocycles. The first kappa shape index (κ1) is 17.2. The number of hydrogen-bond donors (Lipinski definition) is 1. The first-order valence-electron chi connectivity index (χ1n) is 8.11. The quantitative estimate of drug-likeness (QED) is 0.744. The van der Waals surface area contributed by atoms with Crippen LogP contribution in [0.2, 0.25) is 0 Å². The summed E-state index contributed by atoms with van der Waals surface area (Å²) in [6.07, 6.45) is 1.59. The zero-order chi connectivity index (χ0) is 18.0. The van der Waals surface area contributed by atoms with Crippen LogP contribution in [0.1, 0.15) is 25.5 Å². The van der Waals surface area contributed by atoms with Gasteiger partial charge in [-0.3, -0.25) is 9.40 Å². The average molecular weight is 355 g/mol. The van der Waals surface area contributed by atoms with E-state index in [-0.39, 0.29) is 10.9 Å². The summed E-state index contributed by atoms with van der Waals surface area (Å²) in [4.78, 5) is 0.174. The van der Waals surface area contributed by atoms with E-state index in [0.29, 0.717) is 11.4 Å². The maximum absolute atomic E-state index is 13.0. The van der Waals surface area contributed by atoms with E-state index < -0.39 is 10.0 Å². The van der Waals surface area contributed by atoms with Crippen molar-refractivity contribution in [2.45, 2.75) is 31.7 Å². The highest BCUT2D eigenvalue weighted by Gasteiger charge is 2.24. The molecule has 130 valence electrons. The van der Waals surface area contributed by atoms with E-state index in [4.69, 9.17) is 0 Å². The number of hydrogen-bond acceptors (Lipinski definition) is 3. The molecule has 0 fully saturated rings. The van der Waals surface area contributed by atoms with Crippen molar-refractivity contribution < 1.29 is 8.42 Å². The van der Waals surface area contributed by atoms with Crippen LogP contribution in [0.3, 0.4) is 0 Å². The van der Waals surface area contributed by atoms with E-state index in [9.17, 15) is 8.42 Å². The summed E-state index contributed by atoms with van der Waals surface area (Å²) in [5, 5.41) is 4.50. The molecule has 3 rings (SSSR count). The lowest BCUT2D eigenvalue weighted by Crippen LogP contribution is -2.13. The summed E-state index contributed by atoms with van der Waals surface area (Å²) in [5.74, 6) is 0. The molecule has 0 saturated heterocycles. The van der Waals surface area contributed by atoms with E-state index in [1.165, 1.54) is 0 Å². The van der Waals surface area contributed by atoms with Gasteiger partial charge in [0.05, 0.1) is 0 Å². The summed E-state index contributed by atoms with van der Waals surface area (Å²) >= 11 is 0. The number of nitrogens with zero attached hydrogens (tertiary/aromatic N) is 2. The van der Waals surface area contributed by atoms with Gasteiger partial charge in [-0.1, -0.05) is 48.0 Å². The number of nitrogens with one attached hydrogen (secondary N) is 1. The molecule has 0 radical (unpaired) electrons. The first-order valence-corrected chi connectivity index (χ1v) is 9.59. The number of anilines is 1. The molecule has 0 aliphatic heterocycles. The average Bonchev–Trinajstić information content (AvgIpc) is 3.04. The van der Waals surface area contributed by atoms with Crippen molar-refractivity contribution in [3.05, 3.63) is 66.4 Å². The molecular formula is C19H21N3O2S. The Kier molecular flexibility index (Phi) is 4.63. The first-order chi connectivity index (χ1) is 11.9. The SMILES string of the molecule is Cc1ccc(NS(=O)(=O)c2cn(C(C)C)nc2-c2ccccc2)cc1. The van der Waals surface area contributed by atoms with Crippen molar-refractivity contribution in [3.63, 3.8) is 0 Å². The molecule has 25 heavy (non-hydrogen) atoms. The third kappa shape index (κ3) is 3.74. The highest BCUT2D eigenvalue weighted by atomic mass is 32.2. The van der Waals surface area contributed by atoms with Crippen molar-refractivity contribution in [3.8, 4) is 11.3 Å². The molecule has 0 bridgehead atoms. The van der Waals surface area contributed by atoms with Crippen molar-refractivity contribution in [2.24, 2.45) is 0 Å². The second-order valence-corrected chi connectivity index (χ2v) is 7.90. The molecule has 1 aromatic heterocycles. The smallest absolute Gasteiger partial charge is 0.265 e. The molecule has 0 amide bonds. The minimum absolute atomic E-state index is 0.0609. The van der Waals surface area contributed by atoms with E-state index in [0.717, 1.165) is 11.1 Å². The highest BCUT2D eigenvalue weighted by Crippen LogP contribution is 2.28. The molecule has 6 heteroatoms. The zero-order valence-electron chi connectivity index (χ0n) is 14.5. The molecular weight excluding hydrogens is 334 g/mol. The van der Waals surface area contributed by atoms with E-state index in [2.05, 4.69) is 9.82 Å². The fourth-order valence-corrected chi connectivity index (χ4v) is 3.68. The monoisotopic (exact) mass is 355 g/mol. The fourth-order valence-electron chi connectivity index (χ4n) is 2.46. The van der Waals surface area contributed by atoms with Crippen molar-refractivity contribution in [2.75, 3.05) is 4.72 Å². The maximum atomic E-state index is 13.0. The zero-order valence-corrected chi connectivity index (χ0v) is 15.3. The minimum Gasteiger partial charge on any atom is -0.280 e. The van der Waals surface area contributed by atoms with Crippen LogP contribution in [0.5, 0.6) is 0 Å². The van der Waals surface area contributed by atoms with Crippen LogP contribution in [-0.4, -0.2) is 18.2 Å². The fraction of sp³-hybridized carbons (Fsp3) is 0.211. The summed E-state index contributed by atoms with van der Waals surface area (Å²) < 4.78 is 30.2. The van der Waals surface area contributed by atoms with Crippen LogP contribution in [-0.2, 0) is 10.0 Å². The number of benzene rings is 2. The highest BCUT2D eigenvalue weighted by molar-refractivity contribution is 7.92. The van der Waals surface area contributed by atoms with Gasteiger partial charge in [0.2, 0.25) is 0 Å². The number of aromatic nitrogens is 2. The second-order valence-electron chi connectivity index (χ2n) is 6.25. The van der Waals surface area contributed by atoms with Gasteiger partial charge in [-0.15, -0.1) is 0 Å². The van der Waals surface area contributed by atoms with E-state index >= 15 is 0 Å². The lowest BCUT2D eigenvalue weighted by molar-refractivity contribution is 0.532. The largest absolute Gasteiger partial charge is 0.280 e. The molecule has 0 spiro atoms.